The summed E-state index contributed by atoms with van der Waals surface area (Å²) in [5.41, 5.74) is 0.580. The average Bonchev–Trinajstić information content (AvgIpc) is 2.84. The Balaban J connectivity index is 2.17. The summed E-state index contributed by atoms with van der Waals surface area (Å²) in [6.45, 7) is 3.91. The predicted molar refractivity (Wildman–Crippen MR) is 67.6 cm³/mol. The van der Waals surface area contributed by atoms with Crippen molar-refractivity contribution >= 4 is 0 Å². The number of halogens is 3. The molecule has 1 unspecified atom stereocenters. The number of aliphatic hydroxyl groups excluding tert-OH is 1. The third-order valence-electron chi connectivity index (χ3n) is 2.99. The molecule has 0 aliphatic rings. The molecule has 0 aliphatic carbocycles. The molecule has 20 heavy (non-hydrogen) atoms. The van der Waals surface area contributed by atoms with Crippen molar-refractivity contribution in [3.63, 3.8) is 0 Å². The first-order valence-corrected chi connectivity index (χ1v) is 6.25. The zero-order valence-electron chi connectivity index (χ0n) is 11.1. The lowest BCUT2D eigenvalue weighted by Gasteiger charge is -2.10. The summed E-state index contributed by atoms with van der Waals surface area (Å²) in [6.07, 6.45) is 0.720. The third kappa shape index (κ3) is 3.01. The van der Waals surface area contributed by atoms with E-state index in [0.717, 1.165) is 12.1 Å². The Labute approximate surface area is 114 Å². The highest BCUT2D eigenvalue weighted by Gasteiger charge is 2.17. The Morgan fingerprint density at radius 1 is 1.20 bits per heavy atom. The van der Waals surface area contributed by atoms with Crippen molar-refractivity contribution in [1.29, 1.82) is 0 Å². The van der Waals surface area contributed by atoms with Crippen molar-refractivity contribution < 1.29 is 18.3 Å². The van der Waals surface area contributed by atoms with Crippen LogP contribution >= 0.6 is 0 Å². The van der Waals surface area contributed by atoms with Crippen LogP contribution in [0.2, 0.25) is 0 Å². The van der Waals surface area contributed by atoms with E-state index in [1.165, 1.54) is 0 Å². The third-order valence-corrected chi connectivity index (χ3v) is 2.99. The number of aromatic nitrogens is 2. The number of hydrogen-bond acceptors (Lipinski definition) is 2. The van der Waals surface area contributed by atoms with E-state index in [2.05, 4.69) is 5.10 Å². The first-order valence-electron chi connectivity index (χ1n) is 6.25. The van der Waals surface area contributed by atoms with Gasteiger partial charge in [-0.25, -0.2) is 13.2 Å². The van der Waals surface area contributed by atoms with Crippen LogP contribution in [0.4, 0.5) is 13.2 Å². The van der Waals surface area contributed by atoms with Gasteiger partial charge in [0, 0.05) is 18.7 Å². The van der Waals surface area contributed by atoms with Gasteiger partial charge in [0.2, 0.25) is 0 Å². The molecule has 1 aromatic carbocycles. The van der Waals surface area contributed by atoms with Gasteiger partial charge in [0.1, 0.15) is 0 Å². The highest BCUT2D eigenvalue weighted by Crippen LogP contribution is 2.22. The van der Waals surface area contributed by atoms with Gasteiger partial charge in [0.05, 0.1) is 11.8 Å². The molecule has 0 fully saturated rings. The summed E-state index contributed by atoms with van der Waals surface area (Å²) in [5, 5.41) is 14.2. The Kier molecular flexibility index (Phi) is 4.13. The molecule has 6 heteroatoms. The zero-order valence-corrected chi connectivity index (χ0v) is 11.1. The summed E-state index contributed by atoms with van der Waals surface area (Å²) >= 11 is 0. The Hall–Kier alpha value is -1.82. The maximum absolute atomic E-state index is 13.1. The first-order chi connectivity index (χ1) is 9.38. The lowest BCUT2D eigenvalue weighted by Crippen LogP contribution is -2.07. The molecule has 0 amide bonds. The van der Waals surface area contributed by atoms with E-state index in [1.54, 1.807) is 16.9 Å². The molecular weight excluding hydrogens is 269 g/mol. The monoisotopic (exact) mass is 284 g/mol. The summed E-state index contributed by atoms with van der Waals surface area (Å²) < 4.78 is 40.8. The maximum Gasteiger partial charge on any atom is 0.194 e. The van der Waals surface area contributed by atoms with Crippen LogP contribution in [0.5, 0.6) is 0 Å². The second kappa shape index (κ2) is 5.66. The highest BCUT2D eigenvalue weighted by atomic mass is 19.2. The van der Waals surface area contributed by atoms with Gasteiger partial charge in [0.15, 0.2) is 17.5 Å². The van der Waals surface area contributed by atoms with Crippen LogP contribution in [-0.2, 0) is 6.42 Å². The van der Waals surface area contributed by atoms with Crippen molar-refractivity contribution in [3.8, 4) is 0 Å². The maximum atomic E-state index is 13.1. The molecule has 0 radical (unpaired) electrons. The van der Waals surface area contributed by atoms with Crippen LogP contribution in [0.15, 0.2) is 24.4 Å². The highest BCUT2D eigenvalue weighted by molar-refractivity contribution is 5.22. The van der Waals surface area contributed by atoms with E-state index in [0.29, 0.717) is 5.69 Å². The number of hydrogen-bond donors (Lipinski definition) is 1. The van der Waals surface area contributed by atoms with Crippen LogP contribution < -0.4 is 0 Å². The zero-order chi connectivity index (χ0) is 14.9. The molecule has 0 bridgehead atoms. The normalized spacial score (nSPS) is 12.9. The summed E-state index contributed by atoms with van der Waals surface area (Å²) in [5.74, 6) is -4.16. The molecule has 2 aromatic rings. The molecular formula is C14H15F3N2O. The largest absolute Gasteiger partial charge is 0.388 e. The van der Waals surface area contributed by atoms with Crippen molar-refractivity contribution in [2.45, 2.75) is 32.4 Å². The second-order valence-corrected chi connectivity index (χ2v) is 4.90. The van der Waals surface area contributed by atoms with E-state index >= 15 is 0 Å². The molecule has 0 saturated heterocycles. The molecule has 1 atom stereocenters. The Bertz CT molecular complexity index is 587. The van der Waals surface area contributed by atoms with Gasteiger partial charge in [-0.1, -0.05) is 0 Å². The minimum Gasteiger partial charge on any atom is -0.388 e. The summed E-state index contributed by atoms with van der Waals surface area (Å²) in [6, 6.07) is 3.49. The molecule has 1 heterocycles. The quantitative estimate of drug-likeness (QED) is 0.876. The second-order valence-electron chi connectivity index (χ2n) is 4.90. The number of aliphatic hydroxyl groups is 1. The van der Waals surface area contributed by atoms with Gasteiger partial charge in [0.25, 0.3) is 0 Å². The summed E-state index contributed by atoms with van der Waals surface area (Å²) in [4.78, 5) is 0. The Morgan fingerprint density at radius 3 is 2.30 bits per heavy atom. The fourth-order valence-corrected chi connectivity index (χ4v) is 1.86. The van der Waals surface area contributed by atoms with Crippen LogP contribution in [0, 0.1) is 17.5 Å². The van der Waals surface area contributed by atoms with E-state index in [4.69, 9.17) is 0 Å². The van der Waals surface area contributed by atoms with Gasteiger partial charge in [-0.2, -0.15) is 5.10 Å². The average molecular weight is 284 g/mol. The molecule has 1 aromatic heterocycles. The molecule has 3 nitrogen and oxygen atoms in total. The standard InChI is InChI=1S/C14H15F3N2O/c1-8(2)19-4-3-10(18-19)7-13(20)9-5-11(15)14(17)12(16)6-9/h3-6,8,13,20H,7H2,1-2H3. The van der Waals surface area contributed by atoms with Crippen molar-refractivity contribution in [2.75, 3.05) is 0 Å². The number of nitrogens with zero attached hydrogens (tertiary/aromatic N) is 2. The smallest absolute Gasteiger partial charge is 0.194 e. The predicted octanol–water partition coefficient (Wildman–Crippen LogP) is 3.16. The van der Waals surface area contributed by atoms with Crippen molar-refractivity contribution in [3.05, 3.63) is 53.1 Å². The van der Waals surface area contributed by atoms with Gasteiger partial charge in [-0.3, -0.25) is 4.68 Å². The minimum atomic E-state index is -1.54. The van der Waals surface area contributed by atoms with Crippen LogP contribution in [0.25, 0.3) is 0 Å². The van der Waals surface area contributed by atoms with Gasteiger partial charge >= 0.3 is 0 Å². The minimum absolute atomic E-state index is 0.0134. The first kappa shape index (κ1) is 14.6. The lowest BCUT2D eigenvalue weighted by atomic mass is 10.0. The van der Waals surface area contributed by atoms with E-state index in [1.807, 2.05) is 13.8 Å². The fourth-order valence-electron chi connectivity index (χ4n) is 1.86. The van der Waals surface area contributed by atoms with Gasteiger partial charge in [-0.05, 0) is 37.6 Å². The van der Waals surface area contributed by atoms with Crippen LogP contribution in [-0.4, -0.2) is 14.9 Å². The van der Waals surface area contributed by atoms with Crippen LogP contribution in [0.1, 0.15) is 37.3 Å². The molecule has 2 rings (SSSR count). The van der Waals surface area contributed by atoms with Gasteiger partial charge < -0.3 is 5.11 Å². The summed E-state index contributed by atoms with van der Waals surface area (Å²) in [7, 11) is 0. The van der Waals surface area contributed by atoms with Gasteiger partial charge in [-0.15, -0.1) is 0 Å². The van der Waals surface area contributed by atoms with E-state index < -0.39 is 23.6 Å². The lowest BCUT2D eigenvalue weighted by molar-refractivity contribution is 0.175. The Morgan fingerprint density at radius 2 is 1.80 bits per heavy atom. The number of benzene rings is 1. The topological polar surface area (TPSA) is 38.0 Å². The molecule has 1 N–H and O–H groups in total. The van der Waals surface area contributed by atoms with E-state index in [9.17, 15) is 18.3 Å². The SMILES string of the molecule is CC(C)n1ccc(CC(O)c2cc(F)c(F)c(F)c2)n1. The fraction of sp³-hybridized carbons (Fsp3) is 0.357. The van der Waals surface area contributed by atoms with Crippen LogP contribution in [0.3, 0.4) is 0 Å². The van der Waals surface area contributed by atoms with E-state index in [-0.39, 0.29) is 18.0 Å². The molecule has 0 spiro atoms. The molecule has 108 valence electrons. The van der Waals surface area contributed by atoms with Crippen molar-refractivity contribution in [1.82, 2.24) is 9.78 Å². The molecule has 0 saturated carbocycles. The van der Waals surface area contributed by atoms with Crippen molar-refractivity contribution in [2.24, 2.45) is 0 Å². The number of rotatable bonds is 4. The molecule has 0 aliphatic heterocycles.